The zero-order chi connectivity index (χ0) is 19.5. The Morgan fingerprint density at radius 1 is 1.11 bits per heavy atom. The first-order valence-electron chi connectivity index (χ1n) is 8.59. The number of nitrogens with zero attached hydrogens (tertiary/aromatic N) is 4. The highest BCUT2D eigenvalue weighted by Gasteiger charge is 2.26. The van der Waals surface area contributed by atoms with E-state index in [2.05, 4.69) is 15.5 Å². The van der Waals surface area contributed by atoms with Gasteiger partial charge in [-0.05, 0) is 36.4 Å². The first-order chi connectivity index (χ1) is 13.6. The fourth-order valence-electron chi connectivity index (χ4n) is 2.82. The van der Waals surface area contributed by atoms with E-state index in [-0.39, 0.29) is 12.5 Å². The SMILES string of the molecule is COc1ccc(-c2nn(-c3ccccc3)cc2/C=N/N2CC(=O)NC2=O)cc1. The normalized spacial score (nSPS) is 14.0. The zero-order valence-electron chi connectivity index (χ0n) is 15.1. The summed E-state index contributed by atoms with van der Waals surface area (Å²) in [6.07, 6.45) is 3.36. The highest BCUT2D eigenvalue weighted by atomic mass is 16.5. The van der Waals surface area contributed by atoms with Crippen LogP contribution in [0.1, 0.15) is 5.56 Å². The van der Waals surface area contributed by atoms with Crippen LogP contribution in [0.15, 0.2) is 65.9 Å². The third-order valence-electron chi connectivity index (χ3n) is 4.24. The summed E-state index contributed by atoms with van der Waals surface area (Å²) in [5.74, 6) is 0.367. The van der Waals surface area contributed by atoms with Gasteiger partial charge in [-0.25, -0.2) is 14.5 Å². The van der Waals surface area contributed by atoms with E-state index in [1.807, 2.05) is 60.8 Å². The van der Waals surface area contributed by atoms with Crippen molar-refractivity contribution in [3.05, 3.63) is 66.4 Å². The van der Waals surface area contributed by atoms with Crippen LogP contribution in [0, 0.1) is 0 Å². The third-order valence-corrected chi connectivity index (χ3v) is 4.24. The Kier molecular flexibility index (Phi) is 4.59. The molecular formula is C20H17N5O3. The number of carbonyl (C=O) groups excluding carboxylic acids is 2. The summed E-state index contributed by atoms with van der Waals surface area (Å²) in [4.78, 5) is 23.0. The minimum absolute atomic E-state index is 0.0972. The van der Waals surface area contributed by atoms with Crippen LogP contribution in [-0.2, 0) is 4.79 Å². The average molecular weight is 375 g/mol. The lowest BCUT2D eigenvalue weighted by Gasteiger charge is -2.04. The summed E-state index contributed by atoms with van der Waals surface area (Å²) in [5, 5.41) is 12.1. The van der Waals surface area contributed by atoms with Crippen molar-refractivity contribution in [2.45, 2.75) is 0 Å². The average Bonchev–Trinajstić information content (AvgIpc) is 3.29. The maximum atomic E-state index is 11.7. The van der Waals surface area contributed by atoms with Gasteiger partial charge in [-0.1, -0.05) is 18.2 Å². The van der Waals surface area contributed by atoms with E-state index >= 15 is 0 Å². The Labute approximate surface area is 161 Å². The topological polar surface area (TPSA) is 88.8 Å². The van der Waals surface area contributed by atoms with Crippen molar-refractivity contribution >= 4 is 18.2 Å². The number of urea groups is 1. The van der Waals surface area contributed by atoms with Crippen molar-refractivity contribution in [3.63, 3.8) is 0 Å². The summed E-state index contributed by atoms with van der Waals surface area (Å²) in [6, 6.07) is 16.6. The summed E-state index contributed by atoms with van der Waals surface area (Å²) >= 11 is 0. The van der Waals surface area contributed by atoms with Crippen LogP contribution in [0.2, 0.25) is 0 Å². The van der Waals surface area contributed by atoms with E-state index in [4.69, 9.17) is 4.74 Å². The van der Waals surface area contributed by atoms with Gasteiger partial charge in [-0.15, -0.1) is 0 Å². The monoisotopic (exact) mass is 375 g/mol. The molecule has 8 nitrogen and oxygen atoms in total. The molecule has 28 heavy (non-hydrogen) atoms. The second-order valence-corrected chi connectivity index (χ2v) is 6.10. The number of ether oxygens (including phenoxy) is 1. The quantitative estimate of drug-likeness (QED) is 0.548. The van der Waals surface area contributed by atoms with Gasteiger partial charge in [-0.2, -0.15) is 10.2 Å². The van der Waals surface area contributed by atoms with Crippen LogP contribution in [0.25, 0.3) is 16.9 Å². The van der Waals surface area contributed by atoms with Crippen LogP contribution < -0.4 is 10.1 Å². The van der Waals surface area contributed by atoms with E-state index in [9.17, 15) is 9.59 Å². The van der Waals surface area contributed by atoms with Crippen molar-refractivity contribution in [2.24, 2.45) is 5.10 Å². The number of para-hydroxylation sites is 1. The maximum absolute atomic E-state index is 11.7. The number of amides is 3. The Morgan fingerprint density at radius 2 is 1.86 bits per heavy atom. The molecule has 1 aromatic heterocycles. The molecule has 0 atom stereocenters. The van der Waals surface area contributed by atoms with Gasteiger partial charge in [0.25, 0.3) is 0 Å². The highest BCUT2D eigenvalue weighted by Crippen LogP contribution is 2.25. The number of imide groups is 1. The summed E-state index contributed by atoms with van der Waals surface area (Å²) in [5.41, 5.74) is 3.17. The van der Waals surface area contributed by atoms with Gasteiger partial charge in [0.05, 0.1) is 19.0 Å². The molecule has 140 valence electrons. The van der Waals surface area contributed by atoms with Gasteiger partial charge in [0, 0.05) is 17.3 Å². The van der Waals surface area contributed by atoms with Crippen LogP contribution in [0.3, 0.4) is 0 Å². The maximum Gasteiger partial charge on any atom is 0.344 e. The lowest BCUT2D eigenvalue weighted by molar-refractivity contribution is -0.118. The first kappa shape index (κ1) is 17.5. The first-order valence-corrected chi connectivity index (χ1v) is 8.59. The zero-order valence-corrected chi connectivity index (χ0v) is 15.1. The minimum atomic E-state index is -0.539. The molecule has 1 fully saturated rings. The highest BCUT2D eigenvalue weighted by molar-refractivity contribution is 6.02. The van der Waals surface area contributed by atoms with Crippen molar-refractivity contribution < 1.29 is 14.3 Å². The molecule has 0 unspecified atom stereocenters. The molecule has 0 spiro atoms. The standard InChI is InChI=1S/C20H17N5O3/c1-28-17-9-7-14(8-10-17)19-15(11-21-25-13-18(26)22-20(25)27)12-24(23-19)16-5-3-2-4-6-16/h2-12H,13H2,1H3,(H,22,26,27)/b21-11+. The van der Waals surface area contributed by atoms with Crippen molar-refractivity contribution in [1.82, 2.24) is 20.1 Å². The molecule has 4 rings (SSSR count). The van der Waals surface area contributed by atoms with Gasteiger partial charge in [0.1, 0.15) is 18.0 Å². The molecule has 2 heterocycles. The molecule has 1 N–H and O–H groups in total. The third kappa shape index (κ3) is 3.48. The molecule has 1 aliphatic rings. The Bertz CT molecular complexity index is 1040. The largest absolute Gasteiger partial charge is 0.497 e. The molecule has 3 amide bonds. The van der Waals surface area contributed by atoms with Gasteiger partial charge in [0.2, 0.25) is 5.91 Å². The fraction of sp³-hybridized carbons (Fsp3) is 0.100. The number of methoxy groups -OCH3 is 1. The molecule has 0 saturated carbocycles. The molecule has 3 aromatic rings. The Hall–Kier alpha value is -3.94. The van der Waals surface area contributed by atoms with Gasteiger partial charge in [0.15, 0.2) is 0 Å². The number of hydrogen-bond acceptors (Lipinski definition) is 5. The second kappa shape index (κ2) is 7.36. The molecule has 0 aliphatic carbocycles. The lowest BCUT2D eigenvalue weighted by atomic mass is 10.1. The number of benzene rings is 2. The minimum Gasteiger partial charge on any atom is -0.497 e. The molecule has 8 heteroatoms. The molecule has 0 radical (unpaired) electrons. The fourth-order valence-corrected chi connectivity index (χ4v) is 2.82. The summed E-state index contributed by atoms with van der Waals surface area (Å²) in [7, 11) is 1.61. The number of carbonyl (C=O) groups is 2. The van der Waals surface area contributed by atoms with Crippen LogP contribution >= 0.6 is 0 Å². The Balaban J connectivity index is 1.73. The number of aromatic nitrogens is 2. The molecular weight excluding hydrogens is 358 g/mol. The molecule has 0 bridgehead atoms. The van der Waals surface area contributed by atoms with Crippen molar-refractivity contribution in [2.75, 3.05) is 13.7 Å². The smallest absolute Gasteiger partial charge is 0.344 e. The van der Waals surface area contributed by atoms with Crippen molar-refractivity contribution in [3.8, 4) is 22.7 Å². The van der Waals surface area contributed by atoms with Crippen LogP contribution in [0.5, 0.6) is 5.75 Å². The van der Waals surface area contributed by atoms with Crippen LogP contribution in [-0.4, -0.2) is 46.6 Å². The molecule has 1 saturated heterocycles. The van der Waals surface area contributed by atoms with E-state index in [1.54, 1.807) is 11.8 Å². The molecule has 2 aromatic carbocycles. The lowest BCUT2D eigenvalue weighted by Crippen LogP contribution is -2.24. The van der Waals surface area contributed by atoms with E-state index in [1.165, 1.54) is 6.21 Å². The Morgan fingerprint density at radius 3 is 2.50 bits per heavy atom. The van der Waals surface area contributed by atoms with E-state index in [0.29, 0.717) is 11.3 Å². The number of rotatable bonds is 5. The van der Waals surface area contributed by atoms with E-state index in [0.717, 1.165) is 22.0 Å². The second-order valence-electron chi connectivity index (χ2n) is 6.10. The van der Waals surface area contributed by atoms with Crippen LogP contribution in [0.4, 0.5) is 4.79 Å². The predicted molar refractivity (Wildman–Crippen MR) is 103 cm³/mol. The summed E-state index contributed by atoms with van der Waals surface area (Å²) in [6.45, 7) is -0.0972. The summed E-state index contributed by atoms with van der Waals surface area (Å²) < 4.78 is 6.96. The number of hydrazone groups is 1. The number of hydrogen-bond donors (Lipinski definition) is 1. The predicted octanol–water partition coefficient (Wildman–Crippen LogP) is 2.43. The van der Waals surface area contributed by atoms with Gasteiger partial charge >= 0.3 is 6.03 Å². The molecule has 1 aliphatic heterocycles. The van der Waals surface area contributed by atoms with Gasteiger partial charge in [-0.3, -0.25) is 10.1 Å². The number of nitrogens with one attached hydrogen (secondary N) is 1. The van der Waals surface area contributed by atoms with Crippen molar-refractivity contribution in [1.29, 1.82) is 0 Å². The van der Waals surface area contributed by atoms with Gasteiger partial charge < -0.3 is 4.74 Å². The van der Waals surface area contributed by atoms with E-state index < -0.39 is 6.03 Å².